The predicted molar refractivity (Wildman–Crippen MR) is 57.4 cm³/mol. The van der Waals surface area contributed by atoms with Crippen molar-refractivity contribution in [2.75, 3.05) is 13.3 Å². The lowest BCUT2D eigenvalue weighted by Gasteiger charge is -2.04. The minimum absolute atomic E-state index is 0.0464. The molecule has 0 saturated carbocycles. The third-order valence-electron chi connectivity index (χ3n) is 1.69. The zero-order valence-corrected chi connectivity index (χ0v) is 8.32. The van der Waals surface area contributed by atoms with E-state index < -0.39 is 6.67 Å². The Morgan fingerprint density at radius 3 is 2.87 bits per heavy atom. The van der Waals surface area contributed by atoms with Crippen LogP contribution in [0.4, 0.5) is 4.39 Å². The van der Waals surface area contributed by atoms with Crippen LogP contribution >= 0.6 is 0 Å². The molecule has 0 bridgehead atoms. The van der Waals surface area contributed by atoms with Crippen molar-refractivity contribution in [2.24, 2.45) is 16.5 Å². The van der Waals surface area contributed by atoms with Crippen molar-refractivity contribution < 1.29 is 9.13 Å². The Morgan fingerprint density at radius 2 is 2.20 bits per heavy atom. The summed E-state index contributed by atoms with van der Waals surface area (Å²) in [4.78, 5) is 3.86. The van der Waals surface area contributed by atoms with Crippen molar-refractivity contribution >= 4 is 5.96 Å². The number of aliphatic imine (C=N–C) groups is 1. The first-order valence-corrected chi connectivity index (χ1v) is 4.55. The van der Waals surface area contributed by atoms with Gasteiger partial charge in [-0.05, 0) is 17.7 Å². The maximum absolute atomic E-state index is 11.9. The molecule has 0 aliphatic heterocycles. The Morgan fingerprint density at radius 1 is 1.40 bits per heavy atom. The second kappa shape index (κ2) is 5.85. The predicted octanol–water partition coefficient (Wildman–Crippen LogP) is 0.808. The quantitative estimate of drug-likeness (QED) is 0.558. The molecule has 1 aromatic rings. The molecule has 0 atom stereocenters. The molecule has 15 heavy (non-hydrogen) atoms. The van der Waals surface area contributed by atoms with Crippen LogP contribution in [0.5, 0.6) is 5.75 Å². The molecule has 5 heteroatoms. The molecule has 0 fully saturated rings. The summed E-state index contributed by atoms with van der Waals surface area (Å²) < 4.78 is 17.0. The smallest absolute Gasteiger partial charge is 0.186 e. The van der Waals surface area contributed by atoms with Crippen LogP contribution in [0.15, 0.2) is 29.3 Å². The maximum Gasteiger partial charge on any atom is 0.186 e. The van der Waals surface area contributed by atoms with Crippen LogP contribution in [0, 0.1) is 0 Å². The SMILES string of the molecule is NC(N)=NCc1cccc(OCC[18F])c1. The van der Waals surface area contributed by atoms with Crippen molar-refractivity contribution in [1.82, 2.24) is 0 Å². The molecule has 0 saturated heterocycles. The van der Waals surface area contributed by atoms with E-state index in [9.17, 15) is 4.39 Å². The van der Waals surface area contributed by atoms with Gasteiger partial charge in [0, 0.05) is 0 Å². The Hall–Kier alpha value is -1.78. The van der Waals surface area contributed by atoms with E-state index in [0.717, 1.165) is 5.56 Å². The van der Waals surface area contributed by atoms with Gasteiger partial charge in [0.15, 0.2) is 5.96 Å². The Balaban J connectivity index is 2.61. The molecule has 0 aliphatic rings. The van der Waals surface area contributed by atoms with E-state index >= 15 is 0 Å². The van der Waals surface area contributed by atoms with Crippen molar-refractivity contribution in [1.29, 1.82) is 0 Å². The first-order chi connectivity index (χ1) is 7.22. The number of ether oxygens (including phenoxy) is 1. The van der Waals surface area contributed by atoms with Gasteiger partial charge in [-0.1, -0.05) is 12.1 Å². The fourth-order valence-electron chi connectivity index (χ4n) is 1.07. The monoisotopic (exact) mass is 210 g/mol. The molecule has 0 aromatic heterocycles. The van der Waals surface area contributed by atoms with Crippen molar-refractivity contribution in [3.8, 4) is 5.75 Å². The summed E-state index contributed by atoms with van der Waals surface area (Å²) in [6, 6.07) is 7.22. The molecule has 0 radical (unpaired) electrons. The van der Waals surface area contributed by atoms with E-state index in [1.54, 1.807) is 12.1 Å². The van der Waals surface area contributed by atoms with Gasteiger partial charge in [-0.2, -0.15) is 0 Å². The van der Waals surface area contributed by atoms with Gasteiger partial charge < -0.3 is 16.2 Å². The number of hydrogen-bond acceptors (Lipinski definition) is 2. The molecule has 4 N–H and O–H groups in total. The van der Waals surface area contributed by atoms with Gasteiger partial charge in [0.05, 0.1) is 6.54 Å². The highest BCUT2D eigenvalue weighted by Crippen LogP contribution is 2.13. The van der Waals surface area contributed by atoms with Crippen LogP contribution in [0.1, 0.15) is 5.56 Å². The maximum atomic E-state index is 11.9. The van der Waals surface area contributed by atoms with E-state index in [-0.39, 0.29) is 12.6 Å². The summed E-state index contributed by atoms with van der Waals surface area (Å²) in [5.74, 6) is 0.668. The zero-order valence-electron chi connectivity index (χ0n) is 8.32. The van der Waals surface area contributed by atoms with Crippen LogP contribution in [-0.2, 0) is 6.54 Å². The molecule has 0 amide bonds. The van der Waals surface area contributed by atoms with Gasteiger partial charge >= 0.3 is 0 Å². The molecule has 4 nitrogen and oxygen atoms in total. The third-order valence-corrected chi connectivity index (χ3v) is 1.69. The molecular weight excluding hydrogens is 196 g/mol. The topological polar surface area (TPSA) is 73.6 Å². The van der Waals surface area contributed by atoms with Gasteiger partial charge in [-0.15, -0.1) is 0 Å². The average molecular weight is 210 g/mol. The van der Waals surface area contributed by atoms with Crippen molar-refractivity contribution in [3.63, 3.8) is 0 Å². The fourth-order valence-corrected chi connectivity index (χ4v) is 1.07. The number of rotatable bonds is 5. The van der Waals surface area contributed by atoms with Crippen LogP contribution < -0.4 is 16.2 Å². The minimum Gasteiger partial charge on any atom is -0.491 e. The largest absolute Gasteiger partial charge is 0.491 e. The number of guanidine groups is 1. The second-order valence-corrected chi connectivity index (χ2v) is 2.93. The standard InChI is InChI=1S/C10H14FN3O/c11-4-5-15-9-3-1-2-8(6-9)7-14-10(12)13/h1-3,6H,4-5,7H2,(H4,12,13,14)/i11-1. The van der Waals surface area contributed by atoms with E-state index in [4.69, 9.17) is 16.2 Å². The molecule has 1 rings (SSSR count). The molecule has 0 spiro atoms. The molecule has 1 aromatic carbocycles. The number of nitrogens with two attached hydrogens (primary N) is 2. The average Bonchev–Trinajstić information content (AvgIpc) is 2.24. The lowest BCUT2D eigenvalue weighted by Crippen LogP contribution is -2.22. The number of nitrogens with zero attached hydrogens (tertiary/aromatic N) is 1. The highest BCUT2D eigenvalue weighted by molar-refractivity contribution is 5.75. The molecule has 0 heterocycles. The minimum atomic E-state index is -0.502. The summed E-state index contributed by atoms with van der Waals surface area (Å²) in [6.07, 6.45) is 0. The van der Waals surface area contributed by atoms with E-state index in [2.05, 4.69) is 4.99 Å². The van der Waals surface area contributed by atoms with Gasteiger partial charge in [0.25, 0.3) is 0 Å². The van der Waals surface area contributed by atoms with Crippen LogP contribution in [0.2, 0.25) is 0 Å². The molecule has 0 unspecified atom stereocenters. The lowest BCUT2D eigenvalue weighted by atomic mass is 10.2. The van der Waals surface area contributed by atoms with E-state index in [1.807, 2.05) is 12.1 Å². The summed E-state index contributed by atoms with van der Waals surface area (Å²) in [5, 5.41) is 0. The van der Waals surface area contributed by atoms with Gasteiger partial charge in [-0.25, -0.2) is 9.38 Å². The Bertz CT molecular complexity index is 337. The summed E-state index contributed by atoms with van der Waals surface area (Å²) >= 11 is 0. The molecular formula is C10H14FN3O. The summed E-state index contributed by atoms with van der Waals surface area (Å²) in [6.45, 7) is -0.0426. The number of halogens is 1. The zero-order chi connectivity index (χ0) is 11.1. The highest BCUT2D eigenvalue weighted by atomic mass is 18.2. The Kier molecular flexibility index (Phi) is 4.40. The van der Waals surface area contributed by atoms with Crippen LogP contribution in [-0.4, -0.2) is 19.2 Å². The first kappa shape index (κ1) is 11.3. The number of benzene rings is 1. The fraction of sp³-hybridized carbons (Fsp3) is 0.300. The normalized spacial score (nSPS) is 9.67. The van der Waals surface area contributed by atoms with E-state index in [1.165, 1.54) is 0 Å². The summed E-state index contributed by atoms with van der Waals surface area (Å²) in [5.41, 5.74) is 11.3. The van der Waals surface area contributed by atoms with Gasteiger partial charge in [0.2, 0.25) is 0 Å². The van der Waals surface area contributed by atoms with E-state index in [0.29, 0.717) is 12.3 Å². The summed E-state index contributed by atoms with van der Waals surface area (Å²) in [7, 11) is 0. The number of alkyl halides is 1. The van der Waals surface area contributed by atoms with Crippen LogP contribution in [0.25, 0.3) is 0 Å². The first-order valence-electron chi connectivity index (χ1n) is 4.55. The van der Waals surface area contributed by atoms with Crippen molar-refractivity contribution in [3.05, 3.63) is 29.8 Å². The highest BCUT2D eigenvalue weighted by Gasteiger charge is 1.96. The lowest BCUT2D eigenvalue weighted by molar-refractivity contribution is 0.273. The van der Waals surface area contributed by atoms with Gasteiger partial charge in [0.1, 0.15) is 19.0 Å². The number of hydrogen-bond donors (Lipinski definition) is 2. The van der Waals surface area contributed by atoms with Crippen molar-refractivity contribution in [2.45, 2.75) is 6.54 Å². The molecule has 82 valence electrons. The Labute approximate surface area is 87.7 Å². The second-order valence-electron chi connectivity index (χ2n) is 2.93. The third kappa shape index (κ3) is 4.30. The molecule has 0 aliphatic carbocycles. The van der Waals surface area contributed by atoms with Crippen LogP contribution in [0.3, 0.4) is 0 Å². The van der Waals surface area contributed by atoms with Gasteiger partial charge in [-0.3, -0.25) is 0 Å².